The summed E-state index contributed by atoms with van der Waals surface area (Å²) in [7, 11) is 0. The molecule has 0 saturated heterocycles. The van der Waals surface area contributed by atoms with Gasteiger partial charge in [0.05, 0.1) is 5.52 Å². The van der Waals surface area contributed by atoms with E-state index < -0.39 is 0 Å². The number of rotatable bonds is 2. The summed E-state index contributed by atoms with van der Waals surface area (Å²) >= 11 is 13.1. The van der Waals surface area contributed by atoms with Crippen molar-refractivity contribution in [1.82, 2.24) is 9.55 Å². The van der Waals surface area contributed by atoms with Crippen LogP contribution in [0.3, 0.4) is 0 Å². The second-order valence-corrected chi connectivity index (χ2v) is 6.81. The summed E-state index contributed by atoms with van der Waals surface area (Å²) in [5.74, 6) is 0. The Labute approximate surface area is 141 Å². The molecular weight excluding hydrogens is 332 g/mol. The SMILES string of the molecule is S=c1[nH]c2sc(-c3ccc(Cl)cc3)cc2n1-c1ccccc1. The van der Waals surface area contributed by atoms with Crippen molar-refractivity contribution in [3.8, 4) is 16.1 Å². The number of nitrogens with zero attached hydrogens (tertiary/aromatic N) is 1. The Balaban J connectivity index is 1.91. The minimum Gasteiger partial charge on any atom is -0.322 e. The number of hydrogen-bond acceptors (Lipinski definition) is 2. The quantitative estimate of drug-likeness (QED) is 0.438. The number of aromatic amines is 1. The first-order valence-corrected chi connectivity index (χ1v) is 8.38. The van der Waals surface area contributed by atoms with Gasteiger partial charge in [-0.1, -0.05) is 41.9 Å². The van der Waals surface area contributed by atoms with E-state index in [1.54, 1.807) is 11.3 Å². The summed E-state index contributed by atoms with van der Waals surface area (Å²) in [4.78, 5) is 5.57. The molecule has 0 atom stereocenters. The molecule has 5 heteroatoms. The maximum Gasteiger partial charge on any atom is 0.183 e. The molecule has 0 amide bonds. The van der Waals surface area contributed by atoms with E-state index in [1.165, 1.54) is 4.88 Å². The average Bonchev–Trinajstić information content (AvgIpc) is 3.05. The maximum atomic E-state index is 5.96. The Bertz CT molecular complexity index is 995. The minimum atomic E-state index is 0.718. The van der Waals surface area contributed by atoms with Crippen molar-refractivity contribution in [2.45, 2.75) is 0 Å². The van der Waals surface area contributed by atoms with Crippen molar-refractivity contribution in [1.29, 1.82) is 0 Å². The molecule has 0 saturated carbocycles. The first kappa shape index (κ1) is 13.8. The van der Waals surface area contributed by atoms with Crippen LogP contribution in [0.5, 0.6) is 0 Å². The van der Waals surface area contributed by atoms with Crippen LogP contribution < -0.4 is 0 Å². The molecule has 0 bridgehead atoms. The van der Waals surface area contributed by atoms with Crippen LogP contribution in [0, 0.1) is 4.77 Å². The second kappa shape index (κ2) is 5.39. The smallest absolute Gasteiger partial charge is 0.183 e. The Kier molecular flexibility index (Phi) is 3.37. The summed E-state index contributed by atoms with van der Waals surface area (Å²) in [6.45, 7) is 0. The highest BCUT2D eigenvalue weighted by molar-refractivity contribution is 7.71. The third-order valence-electron chi connectivity index (χ3n) is 3.52. The summed E-state index contributed by atoms with van der Waals surface area (Å²) in [5.41, 5.74) is 3.33. The number of para-hydroxylation sites is 1. The molecule has 2 heterocycles. The van der Waals surface area contributed by atoms with Crippen molar-refractivity contribution in [2.75, 3.05) is 0 Å². The van der Waals surface area contributed by atoms with E-state index in [1.807, 2.05) is 42.5 Å². The summed E-state index contributed by atoms with van der Waals surface area (Å²) in [6, 6.07) is 20.2. The zero-order valence-electron chi connectivity index (χ0n) is 11.4. The van der Waals surface area contributed by atoms with E-state index in [-0.39, 0.29) is 0 Å². The fourth-order valence-electron chi connectivity index (χ4n) is 2.49. The van der Waals surface area contributed by atoms with E-state index in [4.69, 9.17) is 23.8 Å². The lowest BCUT2D eigenvalue weighted by molar-refractivity contribution is 1.07. The molecule has 2 aromatic heterocycles. The van der Waals surface area contributed by atoms with Gasteiger partial charge in [-0.15, -0.1) is 11.3 Å². The number of benzene rings is 2. The maximum absolute atomic E-state index is 5.96. The standard InChI is InChI=1S/C17H11ClN2S2/c18-12-8-6-11(7-9-12)15-10-14-16(22-15)19-17(21)20(14)13-4-2-1-3-5-13/h1-10H,(H,19,21). The number of imidazole rings is 1. The van der Waals surface area contributed by atoms with Gasteiger partial charge in [0.1, 0.15) is 4.83 Å². The molecule has 0 unspecified atom stereocenters. The monoisotopic (exact) mass is 342 g/mol. The van der Waals surface area contributed by atoms with Gasteiger partial charge in [0.25, 0.3) is 0 Å². The lowest BCUT2D eigenvalue weighted by atomic mass is 10.2. The molecule has 108 valence electrons. The van der Waals surface area contributed by atoms with E-state index in [0.29, 0.717) is 0 Å². The van der Waals surface area contributed by atoms with Gasteiger partial charge in [0.15, 0.2) is 4.77 Å². The fourth-order valence-corrected chi connectivity index (χ4v) is 4.03. The van der Waals surface area contributed by atoms with Crippen LogP contribution in [-0.2, 0) is 0 Å². The molecular formula is C17H11ClN2S2. The highest BCUT2D eigenvalue weighted by Gasteiger charge is 2.11. The Hall–Kier alpha value is -1.88. The molecule has 0 aliphatic rings. The molecule has 4 aromatic rings. The van der Waals surface area contributed by atoms with E-state index in [0.717, 1.165) is 31.4 Å². The van der Waals surface area contributed by atoms with Crippen LogP contribution in [0.2, 0.25) is 5.02 Å². The first-order chi connectivity index (χ1) is 10.7. The number of aromatic nitrogens is 2. The number of halogens is 1. The predicted octanol–water partition coefficient (Wildman–Crippen LogP) is 6.07. The highest BCUT2D eigenvalue weighted by atomic mass is 35.5. The van der Waals surface area contributed by atoms with Crippen LogP contribution in [0.25, 0.3) is 26.5 Å². The molecule has 0 aliphatic carbocycles. The van der Waals surface area contributed by atoms with Gasteiger partial charge < -0.3 is 4.98 Å². The molecule has 0 radical (unpaired) electrons. The van der Waals surface area contributed by atoms with Crippen LogP contribution in [0.1, 0.15) is 0 Å². The van der Waals surface area contributed by atoms with Gasteiger partial charge in [-0.2, -0.15) is 0 Å². The lowest BCUT2D eigenvalue weighted by Gasteiger charge is -2.02. The van der Waals surface area contributed by atoms with Crippen LogP contribution in [0.15, 0.2) is 60.7 Å². The van der Waals surface area contributed by atoms with Gasteiger partial charge in [-0.25, -0.2) is 0 Å². The number of thiophene rings is 1. The van der Waals surface area contributed by atoms with Gasteiger partial charge in [-0.3, -0.25) is 4.57 Å². The highest BCUT2D eigenvalue weighted by Crippen LogP contribution is 2.34. The third-order valence-corrected chi connectivity index (χ3v) is 5.15. The van der Waals surface area contributed by atoms with Crippen molar-refractivity contribution in [3.05, 3.63) is 70.5 Å². The second-order valence-electron chi connectivity index (χ2n) is 4.93. The Morgan fingerprint density at radius 2 is 1.73 bits per heavy atom. The van der Waals surface area contributed by atoms with Crippen molar-refractivity contribution < 1.29 is 0 Å². The topological polar surface area (TPSA) is 20.7 Å². The molecule has 2 nitrogen and oxygen atoms in total. The van der Waals surface area contributed by atoms with Gasteiger partial charge >= 0.3 is 0 Å². The van der Waals surface area contributed by atoms with Crippen molar-refractivity contribution >= 4 is 45.5 Å². The zero-order valence-corrected chi connectivity index (χ0v) is 13.8. The first-order valence-electron chi connectivity index (χ1n) is 6.78. The van der Waals surface area contributed by atoms with Crippen LogP contribution >= 0.6 is 35.2 Å². The molecule has 0 fully saturated rings. The van der Waals surface area contributed by atoms with Crippen LogP contribution in [0.4, 0.5) is 0 Å². The minimum absolute atomic E-state index is 0.718. The van der Waals surface area contributed by atoms with E-state index >= 15 is 0 Å². The molecule has 0 aliphatic heterocycles. The molecule has 22 heavy (non-hydrogen) atoms. The zero-order chi connectivity index (χ0) is 15.1. The number of nitrogens with one attached hydrogen (secondary N) is 1. The number of fused-ring (bicyclic) bond motifs is 1. The van der Waals surface area contributed by atoms with Gasteiger partial charge in [0, 0.05) is 15.6 Å². The third kappa shape index (κ3) is 2.29. The predicted molar refractivity (Wildman–Crippen MR) is 96.8 cm³/mol. The largest absolute Gasteiger partial charge is 0.322 e. The van der Waals surface area contributed by atoms with Crippen molar-refractivity contribution in [2.24, 2.45) is 0 Å². The average molecular weight is 343 g/mol. The fraction of sp³-hybridized carbons (Fsp3) is 0. The molecule has 2 aromatic carbocycles. The van der Waals surface area contributed by atoms with Crippen molar-refractivity contribution in [3.63, 3.8) is 0 Å². The van der Waals surface area contributed by atoms with E-state index in [9.17, 15) is 0 Å². The van der Waals surface area contributed by atoms with Gasteiger partial charge in [-0.05, 0) is 48.1 Å². The summed E-state index contributed by atoms with van der Waals surface area (Å²) in [5, 5.41) is 0.748. The summed E-state index contributed by atoms with van der Waals surface area (Å²) < 4.78 is 2.79. The molecule has 0 spiro atoms. The number of hydrogen-bond donors (Lipinski definition) is 1. The number of H-pyrrole nitrogens is 1. The normalized spacial score (nSPS) is 11.1. The Morgan fingerprint density at radius 3 is 2.45 bits per heavy atom. The van der Waals surface area contributed by atoms with Gasteiger partial charge in [0.2, 0.25) is 0 Å². The Morgan fingerprint density at radius 1 is 1.00 bits per heavy atom. The van der Waals surface area contributed by atoms with Crippen LogP contribution in [-0.4, -0.2) is 9.55 Å². The molecule has 1 N–H and O–H groups in total. The molecule has 4 rings (SSSR count). The lowest BCUT2D eigenvalue weighted by Crippen LogP contribution is -1.92. The summed E-state index contributed by atoms with van der Waals surface area (Å²) in [6.07, 6.45) is 0. The van der Waals surface area contributed by atoms with E-state index in [2.05, 4.69) is 27.8 Å².